The molecule has 3 heterocycles. The topological polar surface area (TPSA) is 67.6 Å². The van der Waals surface area contributed by atoms with Crippen molar-refractivity contribution >= 4 is 29.9 Å². The Morgan fingerprint density at radius 2 is 2.00 bits per heavy atom. The molecule has 3 aromatic rings. The van der Waals surface area contributed by atoms with E-state index >= 15 is 0 Å². The van der Waals surface area contributed by atoms with Gasteiger partial charge in [-0.25, -0.2) is 9.67 Å². The molecule has 1 aromatic carbocycles. The van der Waals surface area contributed by atoms with Crippen molar-refractivity contribution in [2.45, 2.75) is 33.4 Å². The fourth-order valence-corrected chi connectivity index (χ4v) is 4.00. The maximum atomic E-state index is 6.06. The highest BCUT2D eigenvalue weighted by atomic mass is 127. The van der Waals surface area contributed by atoms with E-state index in [4.69, 9.17) is 4.74 Å². The second-order valence-corrected chi connectivity index (χ2v) is 7.93. The van der Waals surface area contributed by atoms with Gasteiger partial charge in [-0.1, -0.05) is 30.3 Å². The predicted octanol–water partition coefficient (Wildman–Crippen LogP) is 3.96. The lowest BCUT2D eigenvalue weighted by atomic mass is 10.0. The molecule has 32 heavy (non-hydrogen) atoms. The molecule has 0 radical (unpaired) electrons. The van der Waals surface area contributed by atoms with Crippen molar-refractivity contribution < 1.29 is 4.74 Å². The number of rotatable bonds is 4. The monoisotopic (exact) mass is 546 g/mol. The summed E-state index contributed by atoms with van der Waals surface area (Å²) in [4.78, 5) is 11.3. The van der Waals surface area contributed by atoms with Crippen molar-refractivity contribution in [1.82, 2.24) is 25.0 Å². The van der Waals surface area contributed by atoms with E-state index in [-0.39, 0.29) is 30.1 Å². The lowest BCUT2D eigenvalue weighted by Gasteiger charge is -2.35. The highest BCUT2D eigenvalue weighted by Gasteiger charge is 2.25. The number of halogens is 1. The second-order valence-electron chi connectivity index (χ2n) is 7.93. The maximum Gasteiger partial charge on any atom is 0.194 e. The SMILES string of the molecule is CN=C(NCc1ccc(-n2nc(C)cc2C)nc1)N1CCOC(c2ccccc2C)C1.I. The zero-order valence-corrected chi connectivity index (χ0v) is 21.4. The fourth-order valence-electron chi connectivity index (χ4n) is 4.00. The normalized spacial score (nSPS) is 16.6. The van der Waals surface area contributed by atoms with E-state index in [9.17, 15) is 0 Å². The molecule has 0 saturated carbocycles. The Bertz CT molecular complexity index is 1060. The average molecular weight is 546 g/mol. The van der Waals surface area contributed by atoms with Gasteiger partial charge in [0.05, 0.1) is 18.8 Å². The number of aromatic nitrogens is 3. The Kier molecular flexibility index (Phi) is 8.25. The molecule has 7 nitrogen and oxygen atoms in total. The van der Waals surface area contributed by atoms with Crippen LogP contribution in [0.25, 0.3) is 5.82 Å². The number of aryl methyl sites for hydroxylation is 3. The minimum absolute atomic E-state index is 0. The van der Waals surface area contributed by atoms with Gasteiger partial charge in [0.1, 0.15) is 6.10 Å². The van der Waals surface area contributed by atoms with Crippen molar-refractivity contribution in [2.24, 2.45) is 4.99 Å². The van der Waals surface area contributed by atoms with Gasteiger partial charge in [0.2, 0.25) is 0 Å². The molecule has 0 spiro atoms. The number of guanidine groups is 1. The number of morpholine rings is 1. The summed E-state index contributed by atoms with van der Waals surface area (Å²) >= 11 is 0. The smallest absolute Gasteiger partial charge is 0.194 e. The Morgan fingerprint density at radius 1 is 1.19 bits per heavy atom. The van der Waals surface area contributed by atoms with E-state index in [0.29, 0.717) is 13.2 Å². The largest absolute Gasteiger partial charge is 0.370 e. The molecule has 0 amide bonds. The van der Waals surface area contributed by atoms with Gasteiger partial charge in [-0.05, 0) is 49.6 Å². The molecule has 0 aliphatic carbocycles. The number of ether oxygens (including phenoxy) is 1. The molecule has 1 aliphatic rings. The van der Waals surface area contributed by atoms with Crippen LogP contribution in [0, 0.1) is 20.8 Å². The van der Waals surface area contributed by atoms with Crippen LogP contribution < -0.4 is 5.32 Å². The molecule has 1 N–H and O–H groups in total. The summed E-state index contributed by atoms with van der Waals surface area (Å²) < 4.78 is 7.92. The summed E-state index contributed by atoms with van der Waals surface area (Å²) in [5, 5.41) is 7.97. The molecule has 8 heteroatoms. The van der Waals surface area contributed by atoms with Crippen molar-refractivity contribution in [3.05, 3.63) is 76.7 Å². The molecule has 1 unspecified atom stereocenters. The van der Waals surface area contributed by atoms with Gasteiger partial charge in [-0.3, -0.25) is 4.99 Å². The van der Waals surface area contributed by atoms with Crippen LogP contribution in [0.5, 0.6) is 0 Å². The van der Waals surface area contributed by atoms with E-state index in [1.165, 1.54) is 11.1 Å². The molecule has 2 aromatic heterocycles. The van der Waals surface area contributed by atoms with E-state index in [1.807, 2.05) is 43.9 Å². The number of hydrogen-bond donors (Lipinski definition) is 1. The van der Waals surface area contributed by atoms with Crippen molar-refractivity contribution in [1.29, 1.82) is 0 Å². The highest BCUT2D eigenvalue weighted by molar-refractivity contribution is 14.0. The number of benzene rings is 1. The van der Waals surface area contributed by atoms with Crippen LogP contribution in [0.3, 0.4) is 0 Å². The number of nitrogens with one attached hydrogen (secondary N) is 1. The summed E-state index contributed by atoms with van der Waals surface area (Å²) in [6.45, 7) is 9.09. The molecule has 1 aliphatic heterocycles. The summed E-state index contributed by atoms with van der Waals surface area (Å²) in [5.41, 5.74) is 5.66. The highest BCUT2D eigenvalue weighted by Crippen LogP contribution is 2.25. The summed E-state index contributed by atoms with van der Waals surface area (Å²) in [6.07, 6.45) is 1.94. The first-order valence-corrected chi connectivity index (χ1v) is 10.7. The Morgan fingerprint density at radius 3 is 2.66 bits per heavy atom. The number of hydrogen-bond acceptors (Lipinski definition) is 4. The van der Waals surface area contributed by atoms with Gasteiger partial charge >= 0.3 is 0 Å². The first kappa shape index (κ1) is 24.2. The van der Waals surface area contributed by atoms with Gasteiger partial charge in [0.15, 0.2) is 11.8 Å². The Labute approximate surface area is 206 Å². The van der Waals surface area contributed by atoms with E-state index in [0.717, 1.165) is 41.8 Å². The van der Waals surface area contributed by atoms with Crippen LogP contribution in [-0.4, -0.2) is 52.4 Å². The van der Waals surface area contributed by atoms with Crippen molar-refractivity contribution in [2.75, 3.05) is 26.7 Å². The summed E-state index contributed by atoms with van der Waals surface area (Å²) in [5.74, 6) is 1.71. The molecule has 0 bridgehead atoms. The Balaban J connectivity index is 0.00000289. The van der Waals surface area contributed by atoms with E-state index in [1.54, 1.807) is 0 Å². The summed E-state index contributed by atoms with van der Waals surface area (Å²) in [6, 6.07) is 14.5. The van der Waals surface area contributed by atoms with E-state index < -0.39 is 0 Å². The molecule has 1 saturated heterocycles. The third-order valence-corrected chi connectivity index (χ3v) is 5.60. The van der Waals surface area contributed by atoms with Crippen molar-refractivity contribution in [3.8, 4) is 5.82 Å². The first-order valence-electron chi connectivity index (χ1n) is 10.7. The molecule has 170 valence electrons. The predicted molar refractivity (Wildman–Crippen MR) is 138 cm³/mol. The average Bonchev–Trinajstić information content (AvgIpc) is 3.13. The lowest BCUT2D eigenvalue weighted by molar-refractivity contribution is -0.00834. The molecule has 1 fully saturated rings. The Hall–Kier alpha value is -2.46. The zero-order chi connectivity index (χ0) is 21.8. The minimum Gasteiger partial charge on any atom is -0.370 e. The fraction of sp³-hybridized carbons (Fsp3) is 0.375. The summed E-state index contributed by atoms with van der Waals surface area (Å²) in [7, 11) is 1.82. The van der Waals surface area contributed by atoms with Gasteiger partial charge in [-0.15, -0.1) is 24.0 Å². The van der Waals surface area contributed by atoms with Crippen LogP contribution in [-0.2, 0) is 11.3 Å². The molecule has 4 rings (SSSR count). The lowest BCUT2D eigenvalue weighted by Crippen LogP contribution is -2.48. The quantitative estimate of drug-likeness (QED) is 0.305. The van der Waals surface area contributed by atoms with Crippen LogP contribution >= 0.6 is 24.0 Å². The van der Waals surface area contributed by atoms with Crippen molar-refractivity contribution in [3.63, 3.8) is 0 Å². The third-order valence-electron chi connectivity index (χ3n) is 5.60. The van der Waals surface area contributed by atoms with Crippen LogP contribution in [0.15, 0.2) is 53.7 Å². The maximum absolute atomic E-state index is 6.06. The molecule has 1 atom stereocenters. The number of nitrogens with zero attached hydrogens (tertiary/aromatic N) is 5. The van der Waals surface area contributed by atoms with Gasteiger partial charge in [0, 0.05) is 32.0 Å². The van der Waals surface area contributed by atoms with Gasteiger partial charge < -0.3 is 15.0 Å². The van der Waals surface area contributed by atoms with E-state index in [2.05, 4.69) is 62.5 Å². The first-order chi connectivity index (χ1) is 15.0. The second kappa shape index (κ2) is 10.9. The molecular formula is C24H31IN6O. The molecular weight excluding hydrogens is 515 g/mol. The van der Waals surface area contributed by atoms with Crippen LogP contribution in [0.2, 0.25) is 0 Å². The minimum atomic E-state index is 0. The van der Waals surface area contributed by atoms with Crippen LogP contribution in [0.1, 0.15) is 34.2 Å². The number of pyridine rings is 1. The van der Waals surface area contributed by atoms with Crippen LogP contribution in [0.4, 0.5) is 0 Å². The van der Waals surface area contributed by atoms with Gasteiger partial charge in [-0.2, -0.15) is 5.10 Å². The third kappa shape index (κ3) is 5.47. The van der Waals surface area contributed by atoms with Gasteiger partial charge in [0.25, 0.3) is 0 Å². The number of aliphatic imine (C=N–C) groups is 1. The standard InChI is InChI=1S/C24H30N6O.HI/c1-17-7-5-6-8-21(17)22-16-29(11-12-31-22)24(25-4)27-15-20-9-10-23(26-14-20)30-19(3)13-18(2)28-30;/h5-10,13-14,22H,11-12,15-16H2,1-4H3,(H,25,27);1H. The zero-order valence-electron chi connectivity index (χ0n) is 19.1.